The number of hydrogen-bond acceptors (Lipinski definition) is 17. The number of esters is 6. The second-order valence-electron chi connectivity index (χ2n) is 18.3. The molecule has 3 aromatic carbocycles. The van der Waals surface area contributed by atoms with Gasteiger partial charge in [0.25, 0.3) is 0 Å². The van der Waals surface area contributed by atoms with E-state index in [9.17, 15) is 28.8 Å². The molecule has 4 aromatic rings. The number of ether oxygens (including phenoxy) is 8. The Balaban J connectivity index is 0.926. The molecule has 0 atom stereocenters. The lowest BCUT2D eigenvalue weighted by Crippen LogP contribution is -2.30. The van der Waals surface area contributed by atoms with Gasteiger partial charge in [0.05, 0.1) is 50.1 Å². The van der Waals surface area contributed by atoms with E-state index in [4.69, 9.17) is 43.3 Å². The number of carbonyl (C=O) groups excluding carboxylic acids is 6. The first-order valence-corrected chi connectivity index (χ1v) is 26.5. The Morgan fingerprint density at radius 3 is 1.27 bits per heavy atom. The van der Waals surface area contributed by atoms with Crippen molar-refractivity contribution >= 4 is 65.3 Å². The van der Waals surface area contributed by atoms with E-state index >= 15 is 0 Å². The highest BCUT2D eigenvalue weighted by molar-refractivity contribution is 7.15. The average Bonchev–Trinajstić information content (AvgIpc) is 3.91. The first-order valence-electron chi connectivity index (χ1n) is 25.7. The van der Waals surface area contributed by atoms with E-state index in [0.717, 1.165) is 73.3 Å². The summed E-state index contributed by atoms with van der Waals surface area (Å²) >= 11 is 1.36. The van der Waals surface area contributed by atoms with Crippen LogP contribution in [0.1, 0.15) is 112 Å². The Bertz CT molecular complexity index is 2570. The van der Waals surface area contributed by atoms with E-state index in [2.05, 4.69) is 18.2 Å². The molecule has 398 valence electrons. The van der Waals surface area contributed by atoms with Gasteiger partial charge in [-0.1, -0.05) is 13.2 Å². The van der Waals surface area contributed by atoms with Gasteiger partial charge in [-0.15, -0.1) is 11.3 Å². The molecule has 0 aliphatic heterocycles. The molecule has 2 aliphatic carbocycles. The summed E-state index contributed by atoms with van der Waals surface area (Å²) in [6, 6.07) is 22.0. The van der Waals surface area contributed by atoms with Gasteiger partial charge in [0.2, 0.25) is 0 Å². The molecule has 0 radical (unpaired) electrons. The maximum absolute atomic E-state index is 13.6. The van der Waals surface area contributed by atoms with Crippen molar-refractivity contribution in [3.8, 4) is 34.5 Å². The summed E-state index contributed by atoms with van der Waals surface area (Å²) in [7, 11) is 0. The van der Waals surface area contributed by atoms with Gasteiger partial charge in [-0.05, 0) is 176 Å². The average molecular weight is 1050 g/mol. The molecule has 0 saturated heterocycles. The largest absolute Gasteiger partial charge is 0.494 e. The molecule has 1 N–H and O–H groups in total. The highest BCUT2D eigenvalue weighted by Gasteiger charge is 2.34. The molecule has 16 nitrogen and oxygen atoms in total. The fourth-order valence-corrected chi connectivity index (χ4v) is 9.19. The van der Waals surface area contributed by atoms with Gasteiger partial charge in [0.1, 0.15) is 34.4 Å². The smallest absolute Gasteiger partial charge is 0.330 e. The topological polar surface area (TPSA) is 212 Å². The van der Waals surface area contributed by atoms with E-state index in [-0.39, 0.29) is 41.0 Å². The number of unbranched alkanes of at least 4 members (excludes halogenated alkanes) is 6. The number of benzene rings is 3. The van der Waals surface area contributed by atoms with E-state index < -0.39 is 35.7 Å². The maximum atomic E-state index is 13.6. The first kappa shape index (κ1) is 56.9. The van der Waals surface area contributed by atoms with Gasteiger partial charge in [-0.2, -0.15) is 0 Å². The van der Waals surface area contributed by atoms with Crippen LogP contribution in [0.4, 0.5) is 5.69 Å². The van der Waals surface area contributed by atoms with Crippen molar-refractivity contribution in [2.75, 3.05) is 26.4 Å². The third kappa shape index (κ3) is 19.4. The zero-order valence-electron chi connectivity index (χ0n) is 42.3. The Labute approximate surface area is 441 Å². The highest BCUT2D eigenvalue weighted by Crippen LogP contribution is 2.37. The van der Waals surface area contributed by atoms with Crippen LogP contribution in [0.5, 0.6) is 34.5 Å². The summed E-state index contributed by atoms with van der Waals surface area (Å²) in [6.07, 6.45) is 15.6. The number of hydrogen-bond donors (Lipinski definition) is 1. The summed E-state index contributed by atoms with van der Waals surface area (Å²) in [5.41, 5.74) is 0.260. The third-order valence-electron chi connectivity index (χ3n) is 12.8. The Morgan fingerprint density at radius 2 is 0.853 bits per heavy atom. The van der Waals surface area contributed by atoms with Crippen LogP contribution in [0, 0.1) is 29.1 Å². The van der Waals surface area contributed by atoms with Gasteiger partial charge < -0.3 is 43.3 Å². The molecular formula is C58H66N2O14S. The van der Waals surface area contributed by atoms with Crippen molar-refractivity contribution in [2.24, 2.45) is 28.7 Å². The minimum atomic E-state index is -0.462. The molecule has 75 heavy (non-hydrogen) atoms. The lowest BCUT2D eigenvalue weighted by Gasteiger charge is -2.26. The van der Waals surface area contributed by atoms with Crippen molar-refractivity contribution < 1.29 is 66.7 Å². The molecule has 17 heteroatoms. The van der Waals surface area contributed by atoms with Crippen LogP contribution in [-0.2, 0) is 38.2 Å². The van der Waals surface area contributed by atoms with Crippen LogP contribution in [0.25, 0.3) is 0 Å². The Kier molecular flexibility index (Phi) is 23.3. The monoisotopic (exact) mass is 1050 g/mol. The molecule has 0 amide bonds. The maximum Gasteiger partial charge on any atom is 0.330 e. The summed E-state index contributed by atoms with van der Waals surface area (Å²) in [5.74, 6) is -1.59. The lowest BCUT2D eigenvalue weighted by atomic mass is 9.82. The van der Waals surface area contributed by atoms with Crippen LogP contribution >= 0.6 is 11.3 Å². The molecule has 2 aliphatic rings. The van der Waals surface area contributed by atoms with Crippen LogP contribution in [0.2, 0.25) is 0 Å². The first-order chi connectivity index (χ1) is 36.5. The number of nitrogens with zero attached hydrogens (tertiary/aromatic N) is 1. The molecule has 6 rings (SSSR count). The molecule has 0 unspecified atom stereocenters. The predicted molar refractivity (Wildman–Crippen MR) is 282 cm³/mol. The fraction of sp³-hybridized carbons (Fsp3) is 0.414. The molecule has 2 fully saturated rings. The molecule has 0 bridgehead atoms. The van der Waals surface area contributed by atoms with Crippen molar-refractivity contribution in [3.63, 3.8) is 0 Å². The van der Waals surface area contributed by atoms with Gasteiger partial charge in [0, 0.05) is 40.4 Å². The molecule has 2 saturated carbocycles. The van der Waals surface area contributed by atoms with Crippen molar-refractivity contribution in [1.29, 1.82) is 5.41 Å². The van der Waals surface area contributed by atoms with Crippen LogP contribution < -0.4 is 28.4 Å². The third-order valence-corrected chi connectivity index (χ3v) is 13.8. The van der Waals surface area contributed by atoms with Crippen molar-refractivity contribution in [3.05, 3.63) is 114 Å². The van der Waals surface area contributed by atoms with E-state index in [1.165, 1.54) is 17.6 Å². The quantitative estimate of drug-likeness (QED) is 0.0176. The summed E-state index contributed by atoms with van der Waals surface area (Å²) in [6.45, 7) is 8.56. The second kappa shape index (κ2) is 30.7. The molecule has 1 aromatic heterocycles. The van der Waals surface area contributed by atoms with E-state index in [0.29, 0.717) is 101 Å². The molecule has 0 spiro atoms. The van der Waals surface area contributed by atoms with E-state index in [1.54, 1.807) is 79.0 Å². The fourth-order valence-electron chi connectivity index (χ4n) is 8.48. The predicted octanol–water partition coefficient (Wildman–Crippen LogP) is 11.5. The van der Waals surface area contributed by atoms with Crippen molar-refractivity contribution in [2.45, 2.75) is 103 Å². The SMILES string of the molecule is C=CC(=O)OCCCCCCOc1ccc(OC(=O)C2CCC(C(=O)Oc3ccc(OC(=O)C4CCC(C(=O)Oc5ccc(OCCCCCCOC(=O)C=C)cc5)CC4)c(/N=C/c4ccc(C=N)s4)c3)CC2)cc1. The van der Waals surface area contributed by atoms with Crippen molar-refractivity contribution in [1.82, 2.24) is 0 Å². The molecule has 1 heterocycles. The lowest BCUT2D eigenvalue weighted by molar-refractivity contribution is -0.145. The normalized spacial score (nSPS) is 17.2. The van der Waals surface area contributed by atoms with Crippen LogP contribution in [-0.4, -0.2) is 74.7 Å². The van der Waals surface area contributed by atoms with Crippen LogP contribution in [0.15, 0.2) is 109 Å². The minimum absolute atomic E-state index is 0.174. The highest BCUT2D eigenvalue weighted by atomic mass is 32.1. The zero-order valence-corrected chi connectivity index (χ0v) is 43.1. The minimum Gasteiger partial charge on any atom is -0.494 e. The summed E-state index contributed by atoms with van der Waals surface area (Å²) in [5, 5.41) is 7.58. The van der Waals surface area contributed by atoms with Crippen LogP contribution in [0.3, 0.4) is 0 Å². The number of rotatable bonds is 29. The number of nitrogens with one attached hydrogen (secondary N) is 1. The second-order valence-corrected chi connectivity index (χ2v) is 19.4. The standard InChI is InChI=1S/C58H66N2O14S/c1-3-53(61)69-35-11-7-5-9-33-67-44-21-25-46(26-22-44)71-55(63)40-13-15-42(16-14-40)57(65)73-48-29-32-52(51(37-48)60-39-50-31-30-49(38-59)75-50)74-58(66)43-19-17-41(18-20-43)56(64)72-47-27-23-45(24-28-47)68-34-10-6-8-12-36-70-54(62)4-2/h3-4,21-32,37-43,59H,1-2,5-20,33-36H2/b59-38?,60-39+. The van der Waals surface area contributed by atoms with Gasteiger partial charge in [0.15, 0.2) is 5.75 Å². The number of aliphatic imine (C=N–C) groups is 1. The van der Waals surface area contributed by atoms with Gasteiger partial charge in [-0.25, -0.2) is 9.59 Å². The molecular weight excluding hydrogens is 981 g/mol. The number of thiophene rings is 1. The number of carbonyl (C=O) groups is 6. The van der Waals surface area contributed by atoms with Gasteiger partial charge in [-0.3, -0.25) is 24.2 Å². The summed E-state index contributed by atoms with van der Waals surface area (Å²) < 4.78 is 44.7. The van der Waals surface area contributed by atoms with Gasteiger partial charge >= 0.3 is 35.8 Å². The Hall–Kier alpha value is -7.40. The zero-order chi connectivity index (χ0) is 53.2. The summed E-state index contributed by atoms with van der Waals surface area (Å²) in [4.78, 5) is 81.6. The van der Waals surface area contributed by atoms with E-state index in [1.807, 2.05) is 6.07 Å². The Morgan fingerprint density at radius 1 is 0.480 bits per heavy atom.